The Morgan fingerprint density at radius 3 is 2.75 bits per heavy atom. The molecular formula is C15H23BrN2O2. The molecule has 5 heteroatoms. The highest BCUT2D eigenvalue weighted by Crippen LogP contribution is 2.28. The minimum atomic E-state index is -0.106. The molecule has 1 aromatic rings. The van der Waals surface area contributed by atoms with Gasteiger partial charge in [-0.2, -0.15) is 0 Å². The van der Waals surface area contributed by atoms with Crippen LogP contribution in [0, 0.1) is 0 Å². The van der Waals surface area contributed by atoms with Gasteiger partial charge in [-0.1, -0.05) is 35.0 Å². The minimum absolute atomic E-state index is 0.0604. The molecule has 3 N–H and O–H groups in total. The summed E-state index contributed by atoms with van der Waals surface area (Å²) >= 11 is 3.47. The highest BCUT2D eigenvalue weighted by Gasteiger charge is 2.30. The zero-order chi connectivity index (χ0) is 14.5. The number of rotatable bonds is 5. The van der Waals surface area contributed by atoms with Crippen LogP contribution in [0.5, 0.6) is 0 Å². The number of benzene rings is 1. The Kier molecular flexibility index (Phi) is 5.99. The zero-order valence-electron chi connectivity index (χ0n) is 11.8. The Hall–Kier alpha value is -0.460. The Bertz CT molecular complexity index is 413. The lowest BCUT2D eigenvalue weighted by Crippen LogP contribution is -2.50. The monoisotopic (exact) mass is 342 g/mol. The van der Waals surface area contributed by atoms with Gasteiger partial charge in [-0.3, -0.25) is 4.90 Å². The highest BCUT2D eigenvalue weighted by molar-refractivity contribution is 9.10. The summed E-state index contributed by atoms with van der Waals surface area (Å²) in [4.78, 5) is 2.34. The molecule has 1 fully saturated rings. The van der Waals surface area contributed by atoms with Gasteiger partial charge >= 0.3 is 0 Å². The third kappa shape index (κ3) is 3.80. The maximum absolute atomic E-state index is 9.30. The van der Waals surface area contributed by atoms with Crippen LogP contribution >= 0.6 is 15.9 Å². The maximum Gasteiger partial charge on any atom is 0.0933 e. The number of hydrogen-bond acceptors (Lipinski definition) is 4. The van der Waals surface area contributed by atoms with E-state index in [2.05, 4.69) is 52.0 Å². The fraction of sp³-hybridized carbons (Fsp3) is 0.600. The van der Waals surface area contributed by atoms with Crippen molar-refractivity contribution < 1.29 is 9.84 Å². The SMILES string of the molecule is CCC(N)C(c1ccc(Br)cc1)N1CCOC(CO)C1. The molecule has 20 heavy (non-hydrogen) atoms. The van der Waals surface area contributed by atoms with Gasteiger partial charge in [0.15, 0.2) is 0 Å². The summed E-state index contributed by atoms with van der Waals surface area (Å²) < 4.78 is 6.61. The number of hydrogen-bond donors (Lipinski definition) is 2. The van der Waals surface area contributed by atoms with Gasteiger partial charge in [0.1, 0.15) is 0 Å². The molecule has 0 amide bonds. The van der Waals surface area contributed by atoms with Gasteiger partial charge in [-0.05, 0) is 24.1 Å². The lowest BCUT2D eigenvalue weighted by atomic mass is 9.95. The summed E-state index contributed by atoms with van der Waals surface area (Å²) in [5, 5.41) is 9.30. The van der Waals surface area contributed by atoms with Gasteiger partial charge in [-0.15, -0.1) is 0 Å². The van der Waals surface area contributed by atoms with E-state index in [0.29, 0.717) is 6.61 Å². The standard InChI is InChI=1S/C15H23BrN2O2/c1-2-14(17)15(11-3-5-12(16)6-4-11)18-7-8-20-13(9-18)10-19/h3-6,13-15,19H,2,7-10,17H2,1H3. The van der Waals surface area contributed by atoms with Gasteiger partial charge in [0, 0.05) is 23.6 Å². The Balaban J connectivity index is 2.20. The van der Waals surface area contributed by atoms with Crippen molar-refractivity contribution in [2.75, 3.05) is 26.3 Å². The van der Waals surface area contributed by atoms with Crippen molar-refractivity contribution in [3.05, 3.63) is 34.3 Å². The first kappa shape index (κ1) is 15.9. The van der Waals surface area contributed by atoms with Crippen molar-refractivity contribution >= 4 is 15.9 Å². The quantitative estimate of drug-likeness (QED) is 0.858. The van der Waals surface area contributed by atoms with Crippen molar-refractivity contribution in [1.29, 1.82) is 0 Å². The molecule has 1 aromatic carbocycles. The molecule has 1 heterocycles. The van der Waals surface area contributed by atoms with Crippen molar-refractivity contribution in [3.8, 4) is 0 Å². The van der Waals surface area contributed by atoms with Gasteiger partial charge in [0.25, 0.3) is 0 Å². The minimum Gasteiger partial charge on any atom is -0.394 e. The Morgan fingerprint density at radius 2 is 2.15 bits per heavy atom. The summed E-state index contributed by atoms with van der Waals surface area (Å²) in [7, 11) is 0. The molecule has 3 atom stereocenters. The molecule has 112 valence electrons. The summed E-state index contributed by atoms with van der Waals surface area (Å²) in [6, 6.07) is 8.59. The smallest absolute Gasteiger partial charge is 0.0933 e. The number of nitrogens with zero attached hydrogens (tertiary/aromatic N) is 1. The van der Waals surface area contributed by atoms with Crippen LogP contribution in [0.25, 0.3) is 0 Å². The van der Waals surface area contributed by atoms with Crippen LogP contribution in [0.3, 0.4) is 0 Å². The van der Waals surface area contributed by atoms with E-state index >= 15 is 0 Å². The maximum atomic E-state index is 9.30. The normalized spacial score (nSPS) is 23.5. The van der Waals surface area contributed by atoms with Crippen LogP contribution in [0.15, 0.2) is 28.7 Å². The molecule has 4 nitrogen and oxygen atoms in total. The zero-order valence-corrected chi connectivity index (χ0v) is 13.4. The van der Waals surface area contributed by atoms with Crippen LogP contribution in [0.1, 0.15) is 24.9 Å². The Labute approximate surface area is 129 Å². The topological polar surface area (TPSA) is 58.7 Å². The number of aliphatic hydroxyl groups excluding tert-OH is 1. The predicted molar refractivity (Wildman–Crippen MR) is 83.5 cm³/mol. The van der Waals surface area contributed by atoms with E-state index in [1.54, 1.807) is 0 Å². The molecule has 3 unspecified atom stereocenters. The number of ether oxygens (including phenoxy) is 1. The second-order valence-electron chi connectivity index (χ2n) is 5.24. The van der Waals surface area contributed by atoms with Crippen molar-refractivity contribution in [2.24, 2.45) is 5.73 Å². The molecule has 0 radical (unpaired) electrons. The first-order chi connectivity index (χ1) is 9.65. The molecule has 0 aromatic heterocycles. The third-order valence-electron chi connectivity index (χ3n) is 3.86. The fourth-order valence-corrected chi connectivity index (χ4v) is 2.98. The first-order valence-electron chi connectivity index (χ1n) is 7.13. The first-order valence-corrected chi connectivity index (χ1v) is 7.92. The molecule has 1 aliphatic heterocycles. The molecule has 1 aliphatic rings. The lowest BCUT2D eigenvalue weighted by molar-refractivity contribution is -0.0682. The third-order valence-corrected chi connectivity index (χ3v) is 4.38. The van der Waals surface area contributed by atoms with Crippen LogP contribution in [-0.2, 0) is 4.74 Å². The van der Waals surface area contributed by atoms with E-state index < -0.39 is 0 Å². The van der Waals surface area contributed by atoms with E-state index in [1.807, 2.05) is 0 Å². The van der Waals surface area contributed by atoms with E-state index in [9.17, 15) is 5.11 Å². The van der Waals surface area contributed by atoms with E-state index in [4.69, 9.17) is 10.5 Å². The highest BCUT2D eigenvalue weighted by atomic mass is 79.9. The van der Waals surface area contributed by atoms with Crippen LogP contribution in [-0.4, -0.2) is 48.5 Å². The number of nitrogens with two attached hydrogens (primary N) is 1. The molecule has 0 bridgehead atoms. The van der Waals surface area contributed by atoms with E-state index in [0.717, 1.165) is 24.0 Å². The molecule has 2 rings (SSSR count). The number of morpholine rings is 1. The summed E-state index contributed by atoms with van der Waals surface area (Å²) in [5.41, 5.74) is 7.57. The van der Waals surface area contributed by atoms with E-state index in [1.165, 1.54) is 5.56 Å². The molecule has 1 saturated heterocycles. The van der Waals surface area contributed by atoms with Crippen molar-refractivity contribution in [1.82, 2.24) is 4.90 Å². The second-order valence-corrected chi connectivity index (χ2v) is 6.15. The van der Waals surface area contributed by atoms with Crippen LogP contribution in [0.4, 0.5) is 0 Å². The van der Waals surface area contributed by atoms with Gasteiger partial charge in [-0.25, -0.2) is 0 Å². The number of aliphatic hydroxyl groups is 1. The average molecular weight is 343 g/mol. The Morgan fingerprint density at radius 1 is 1.45 bits per heavy atom. The molecule has 0 saturated carbocycles. The summed E-state index contributed by atoms with van der Waals surface area (Å²) in [6.07, 6.45) is 0.813. The largest absolute Gasteiger partial charge is 0.394 e. The lowest BCUT2D eigenvalue weighted by Gasteiger charge is -2.40. The van der Waals surface area contributed by atoms with Crippen molar-refractivity contribution in [3.63, 3.8) is 0 Å². The summed E-state index contributed by atoms with van der Waals surface area (Å²) in [6.45, 7) is 4.40. The van der Waals surface area contributed by atoms with Crippen LogP contribution in [0.2, 0.25) is 0 Å². The van der Waals surface area contributed by atoms with Gasteiger partial charge in [0.2, 0.25) is 0 Å². The molecule has 0 aliphatic carbocycles. The van der Waals surface area contributed by atoms with Gasteiger partial charge in [0.05, 0.1) is 25.4 Å². The summed E-state index contributed by atoms with van der Waals surface area (Å²) in [5.74, 6) is 0. The molecular weight excluding hydrogens is 320 g/mol. The average Bonchev–Trinajstić information content (AvgIpc) is 2.49. The molecule has 0 spiro atoms. The van der Waals surface area contributed by atoms with E-state index in [-0.39, 0.29) is 24.8 Å². The van der Waals surface area contributed by atoms with Crippen LogP contribution < -0.4 is 5.73 Å². The van der Waals surface area contributed by atoms with Crippen molar-refractivity contribution in [2.45, 2.75) is 31.5 Å². The number of halogens is 1. The second kappa shape index (κ2) is 7.52. The fourth-order valence-electron chi connectivity index (χ4n) is 2.72. The van der Waals surface area contributed by atoms with Gasteiger partial charge < -0.3 is 15.6 Å². The predicted octanol–water partition coefficient (Wildman–Crippen LogP) is 1.92.